The number of benzene rings is 2. The Morgan fingerprint density at radius 3 is 2.60 bits per heavy atom. The highest BCUT2D eigenvalue weighted by Crippen LogP contribution is 2.15. The van der Waals surface area contributed by atoms with Crippen molar-refractivity contribution in [3.8, 4) is 5.75 Å². The molecule has 2 rings (SSSR count). The van der Waals surface area contributed by atoms with E-state index in [0.29, 0.717) is 11.3 Å². The van der Waals surface area contributed by atoms with Crippen LogP contribution in [0.15, 0.2) is 48.5 Å². The van der Waals surface area contributed by atoms with Gasteiger partial charge in [0.1, 0.15) is 5.75 Å². The zero-order chi connectivity index (χ0) is 14.5. The molecule has 0 aliphatic carbocycles. The van der Waals surface area contributed by atoms with Gasteiger partial charge in [0, 0.05) is 17.3 Å². The molecule has 1 amide bonds. The van der Waals surface area contributed by atoms with Gasteiger partial charge in [0.25, 0.3) is 5.91 Å². The molecule has 0 unspecified atom stereocenters. The third-order valence-electron chi connectivity index (χ3n) is 2.72. The summed E-state index contributed by atoms with van der Waals surface area (Å²) in [6.07, 6.45) is 0. The van der Waals surface area contributed by atoms with E-state index in [1.165, 1.54) is 6.07 Å². The van der Waals surface area contributed by atoms with E-state index in [-0.39, 0.29) is 16.8 Å². The molecule has 0 atom stereocenters. The van der Waals surface area contributed by atoms with Crippen molar-refractivity contribution >= 4 is 28.9 Å². The van der Waals surface area contributed by atoms with E-state index in [1.807, 2.05) is 19.1 Å². The van der Waals surface area contributed by atoms with Gasteiger partial charge in [-0.15, -0.1) is 0 Å². The van der Waals surface area contributed by atoms with E-state index in [2.05, 4.69) is 10.6 Å². The maximum absolute atomic E-state index is 12.0. The Morgan fingerprint density at radius 2 is 1.90 bits per heavy atom. The molecule has 5 heteroatoms. The van der Waals surface area contributed by atoms with Crippen LogP contribution in [0.25, 0.3) is 0 Å². The SMILES string of the molecule is Cc1ccccc1C(=O)NC(=S)Nc1cccc(O)c1. The maximum Gasteiger partial charge on any atom is 0.257 e. The van der Waals surface area contributed by atoms with Crippen LogP contribution in [0.3, 0.4) is 0 Å². The van der Waals surface area contributed by atoms with Crippen molar-refractivity contribution in [2.24, 2.45) is 0 Å². The van der Waals surface area contributed by atoms with Gasteiger partial charge >= 0.3 is 0 Å². The van der Waals surface area contributed by atoms with Crippen molar-refractivity contribution in [3.05, 3.63) is 59.7 Å². The highest BCUT2D eigenvalue weighted by molar-refractivity contribution is 7.80. The maximum atomic E-state index is 12.0. The number of rotatable bonds is 2. The van der Waals surface area contributed by atoms with Crippen LogP contribution in [0.5, 0.6) is 5.75 Å². The lowest BCUT2D eigenvalue weighted by atomic mass is 10.1. The van der Waals surface area contributed by atoms with Crippen LogP contribution in [-0.2, 0) is 0 Å². The zero-order valence-corrected chi connectivity index (χ0v) is 11.7. The Kier molecular flexibility index (Phi) is 4.32. The number of phenolic OH excluding ortho intramolecular Hbond substituents is 1. The van der Waals surface area contributed by atoms with E-state index in [9.17, 15) is 9.90 Å². The van der Waals surface area contributed by atoms with Gasteiger partial charge in [-0.2, -0.15) is 0 Å². The molecule has 0 aliphatic rings. The summed E-state index contributed by atoms with van der Waals surface area (Å²) in [6, 6.07) is 13.8. The van der Waals surface area contributed by atoms with Crippen LogP contribution >= 0.6 is 12.2 Å². The molecule has 0 saturated carbocycles. The Balaban J connectivity index is 2.02. The molecule has 20 heavy (non-hydrogen) atoms. The van der Waals surface area contributed by atoms with Gasteiger partial charge in [-0.05, 0) is 42.9 Å². The lowest BCUT2D eigenvalue weighted by Crippen LogP contribution is -2.34. The van der Waals surface area contributed by atoms with Gasteiger partial charge in [-0.1, -0.05) is 24.3 Å². The second-order valence-corrected chi connectivity index (χ2v) is 4.68. The van der Waals surface area contributed by atoms with Crippen molar-refractivity contribution in [1.29, 1.82) is 0 Å². The highest BCUT2D eigenvalue weighted by Gasteiger charge is 2.09. The second-order valence-electron chi connectivity index (χ2n) is 4.27. The van der Waals surface area contributed by atoms with Crippen molar-refractivity contribution in [1.82, 2.24) is 5.32 Å². The first kappa shape index (κ1) is 14.0. The largest absolute Gasteiger partial charge is 0.508 e. The molecule has 0 radical (unpaired) electrons. The van der Waals surface area contributed by atoms with Crippen molar-refractivity contribution in [3.63, 3.8) is 0 Å². The minimum Gasteiger partial charge on any atom is -0.508 e. The quantitative estimate of drug-likeness (QED) is 0.743. The molecule has 0 saturated heterocycles. The summed E-state index contributed by atoms with van der Waals surface area (Å²) < 4.78 is 0. The van der Waals surface area contributed by atoms with Gasteiger partial charge < -0.3 is 10.4 Å². The smallest absolute Gasteiger partial charge is 0.257 e. The van der Waals surface area contributed by atoms with Gasteiger partial charge in [-0.25, -0.2) is 0 Å². The van der Waals surface area contributed by atoms with Crippen molar-refractivity contribution in [2.75, 3.05) is 5.32 Å². The summed E-state index contributed by atoms with van der Waals surface area (Å²) in [6.45, 7) is 1.86. The Bertz CT molecular complexity index is 656. The molecule has 0 spiro atoms. The van der Waals surface area contributed by atoms with Crippen LogP contribution in [-0.4, -0.2) is 16.1 Å². The fourth-order valence-corrected chi connectivity index (χ4v) is 1.95. The number of carbonyl (C=O) groups excluding carboxylic acids is 1. The summed E-state index contributed by atoms with van der Waals surface area (Å²) in [5.41, 5.74) is 2.07. The molecule has 0 aliphatic heterocycles. The fourth-order valence-electron chi connectivity index (χ4n) is 1.74. The Morgan fingerprint density at radius 1 is 1.15 bits per heavy atom. The number of anilines is 1. The average Bonchev–Trinajstić information content (AvgIpc) is 2.38. The summed E-state index contributed by atoms with van der Waals surface area (Å²) in [5.74, 6) is -0.135. The molecule has 2 aromatic carbocycles. The van der Waals surface area contributed by atoms with Crippen LogP contribution < -0.4 is 10.6 Å². The number of amides is 1. The van der Waals surface area contributed by atoms with Gasteiger partial charge in [0.05, 0.1) is 0 Å². The van der Waals surface area contributed by atoms with E-state index in [1.54, 1.807) is 30.3 Å². The summed E-state index contributed by atoms with van der Waals surface area (Å²) in [4.78, 5) is 12.0. The first-order valence-corrected chi connectivity index (χ1v) is 6.44. The zero-order valence-electron chi connectivity index (χ0n) is 10.9. The third kappa shape index (κ3) is 3.55. The molecule has 102 valence electrons. The number of aryl methyl sites for hydroxylation is 1. The Hall–Kier alpha value is -2.40. The molecule has 2 aromatic rings. The lowest BCUT2D eigenvalue weighted by molar-refractivity contribution is 0.0977. The fraction of sp³-hybridized carbons (Fsp3) is 0.0667. The predicted octanol–water partition coefficient (Wildman–Crippen LogP) is 2.83. The van der Waals surface area contributed by atoms with E-state index in [0.717, 1.165) is 5.56 Å². The number of nitrogens with one attached hydrogen (secondary N) is 2. The molecule has 3 N–H and O–H groups in total. The van der Waals surface area contributed by atoms with Gasteiger partial charge in [-0.3, -0.25) is 10.1 Å². The number of aromatic hydroxyl groups is 1. The minimum absolute atomic E-state index is 0.128. The number of hydrogen-bond donors (Lipinski definition) is 3. The molecule has 4 nitrogen and oxygen atoms in total. The summed E-state index contributed by atoms with van der Waals surface area (Å²) in [5, 5.41) is 15.0. The number of thiocarbonyl (C=S) groups is 1. The van der Waals surface area contributed by atoms with Crippen LogP contribution in [0.1, 0.15) is 15.9 Å². The molecular formula is C15H14N2O2S. The normalized spacial score (nSPS) is 9.85. The van der Waals surface area contributed by atoms with Crippen LogP contribution in [0.2, 0.25) is 0 Å². The minimum atomic E-state index is -0.263. The molecule has 0 fully saturated rings. The lowest BCUT2D eigenvalue weighted by Gasteiger charge is -2.10. The predicted molar refractivity (Wildman–Crippen MR) is 83.0 cm³/mol. The van der Waals surface area contributed by atoms with E-state index < -0.39 is 0 Å². The van der Waals surface area contributed by atoms with Crippen molar-refractivity contribution in [2.45, 2.75) is 6.92 Å². The standard InChI is InChI=1S/C15H14N2O2S/c1-10-5-2-3-8-13(10)14(19)17-15(20)16-11-6-4-7-12(18)9-11/h2-9,18H,1H3,(H2,16,17,19,20). The average molecular weight is 286 g/mol. The number of hydrogen-bond acceptors (Lipinski definition) is 3. The van der Waals surface area contributed by atoms with Crippen LogP contribution in [0.4, 0.5) is 5.69 Å². The topological polar surface area (TPSA) is 61.4 Å². The third-order valence-corrected chi connectivity index (χ3v) is 2.92. The van der Waals surface area contributed by atoms with Gasteiger partial charge in [0.15, 0.2) is 5.11 Å². The molecular weight excluding hydrogens is 272 g/mol. The first-order valence-electron chi connectivity index (χ1n) is 6.03. The Labute approximate surface area is 122 Å². The molecule has 0 bridgehead atoms. The molecule has 0 heterocycles. The van der Waals surface area contributed by atoms with Crippen molar-refractivity contribution < 1.29 is 9.90 Å². The first-order chi connectivity index (χ1) is 9.56. The molecule has 0 aromatic heterocycles. The highest BCUT2D eigenvalue weighted by atomic mass is 32.1. The summed E-state index contributed by atoms with van der Waals surface area (Å²) >= 11 is 5.07. The second kappa shape index (κ2) is 6.16. The monoisotopic (exact) mass is 286 g/mol. The number of carbonyl (C=O) groups is 1. The van der Waals surface area contributed by atoms with Gasteiger partial charge in [0.2, 0.25) is 0 Å². The number of phenols is 1. The van der Waals surface area contributed by atoms with Crippen LogP contribution in [0, 0.1) is 6.92 Å². The van der Waals surface area contributed by atoms with E-state index in [4.69, 9.17) is 12.2 Å². The van der Waals surface area contributed by atoms with E-state index >= 15 is 0 Å². The summed E-state index contributed by atoms with van der Waals surface area (Å²) in [7, 11) is 0.